The summed E-state index contributed by atoms with van der Waals surface area (Å²) in [7, 11) is 0.0900. The lowest BCUT2D eigenvalue weighted by Gasteiger charge is -2.26. The van der Waals surface area contributed by atoms with Crippen LogP contribution in [0, 0.1) is 6.92 Å². The number of hydrogen-bond donors (Lipinski definition) is 1. The van der Waals surface area contributed by atoms with Crippen molar-refractivity contribution in [2.24, 2.45) is 0 Å². The Morgan fingerprint density at radius 3 is 2.61 bits per heavy atom. The highest BCUT2D eigenvalue weighted by molar-refractivity contribution is 7.91. The summed E-state index contributed by atoms with van der Waals surface area (Å²) in [4.78, 5) is 12.5. The van der Waals surface area contributed by atoms with Crippen LogP contribution >= 0.6 is 0 Å². The number of methoxy groups -OCH3 is 2. The van der Waals surface area contributed by atoms with Crippen LogP contribution in [0.4, 0.5) is 5.82 Å². The standard InChI is InChI=1S/C19H23N3O5S/c1-11-18-14(12-4-5-15(26-2)16(8-12)27-3)9-17(23)20-19(18)22(21-11)13-6-7-28(24,25)10-13/h4-5,8,13-14H,6-7,9-10H2,1-3H3,(H,20,23)/t13-,14-/m0/s1. The number of ether oxygens (including phenoxy) is 2. The Morgan fingerprint density at radius 1 is 1.21 bits per heavy atom. The molecule has 1 fully saturated rings. The van der Waals surface area contributed by atoms with Crippen LogP contribution in [-0.2, 0) is 14.6 Å². The molecule has 1 amide bonds. The van der Waals surface area contributed by atoms with Gasteiger partial charge in [0.25, 0.3) is 0 Å². The molecule has 0 aliphatic carbocycles. The maximum atomic E-state index is 12.5. The van der Waals surface area contributed by atoms with E-state index in [0.717, 1.165) is 16.8 Å². The summed E-state index contributed by atoms with van der Waals surface area (Å²) in [6, 6.07) is 5.37. The van der Waals surface area contributed by atoms with Crippen LogP contribution in [0.3, 0.4) is 0 Å². The second kappa shape index (κ2) is 6.80. The molecule has 2 aliphatic rings. The Hall–Kier alpha value is -2.55. The van der Waals surface area contributed by atoms with Crippen LogP contribution in [-0.4, -0.2) is 49.8 Å². The minimum absolute atomic E-state index is 0.0530. The van der Waals surface area contributed by atoms with Gasteiger partial charge in [0.1, 0.15) is 5.82 Å². The minimum Gasteiger partial charge on any atom is -0.493 e. The SMILES string of the molecule is COc1ccc([C@@H]2CC(=O)Nc3c2c(C)nn3[C@H]2CCS(=O)(=O)C2)cc1OC. The molecule has 0 saturated carbocycles. The fourth-order valence-electron chi connectivity index (χ4n) is 4.16. The number of nitrogens with one attached hydrogen (secondary N) is 1. The van der Waals surface area contributed by atoms with Gasteiger partial charge in [0.15, 0.2) is 21.3 Å². The molecule has 4 rings (SSSR count). The Balaban J connectivity index is 1.79. The molecule has 150 valence electrons. The van der Waals surface area contributed by atoms with Gasteiger partial charge < -0.3 is 14.8 Å². The molecule has 0 unspecified atom stereocenters. The number of amides is 1. The van der Waals surface area contributed by atoms with Crippen LogP contribution in [0.5, 0.6) is 11.5 Å². The van der Waals surface area contributed by atoms with Crippen molar-refractivity contribution in [2.75, 3.05) is 31.0 Å². The van der Waals surface area contributed by atoms with Gasteiger partial charge in [-0.3, -0.25) is 4.79 Å². The van der Waals surface area contributed by atoms with Crippen molar-refractivity contribution in [1.82, 2.24) is 9.78 Å². The van der Waals surface area contributed by atoms with Gasteiger partial charge in [-0.1, -0.05) is 6.07 Å². The molecule has 3 heterocycles. The number of anilines is 1. The van der Waals surface area contributed by atoms with E-state index in [0.29, 0.717) is 23.7 Å². The Bertz CT molecular complexity index is 1040. The molecule has 9 heteroatoms. The smallest absolute Gasteiger partial charge is 0.226 e. The maximum absolute atomic E-state index is 12.5. The van der Waals surface area contributed by atoms with Gasteiger partial charge in [-0.15, -0.1) is 0 Å². The first kappa shape index (κ1) is 18.8. The highest BCUT2D eigenvalue weighted by Gasteiger charge is 2.37. The zero-order chi connectivity index (χ0) is 20.1. The van der Waals surface area contributed by atoms with Gasteiger partial charge in [-0.25, -0.2) is 13.1 Å². The molecule has 2 aliphatic heterocycles. The highest BCUT2D eigenvalue weighted by Crippen LogP contribution is 2.43. The van der Waals surface area contributed by atoms with Gasteiger partial charge in [0, 0.05) is 17.9 Å². The molecule has 1 saturated heterocycles. The highest BCUT2D eigenvalue weighted by atomic mass is 32.2. The first-order valence-electron chi connectivity index (χ1n) is 9.14. The molecule has 1 aromatic carbocycles. The number of aryl methyl sites for hydroxylation is 1. The molecule has 0 bridgehead atoms. The predicted octanol–water partition coefficient (Wildman–Crippen LogP) is 2.04. The first-order valence-corrected chi connectivity index (χ1v) is 11.0. The number of benzene rings is 1. The monoisotopic (exact) mass is 405 g/mol. The summed E-state index contributed by atoms with van der Waals surface area (Å²) in [5.74, 6) is 1.73. The van der Waals surface area contributed by atoms with Gasteiger partial charge >= 0.3 is 0 Å². The number of fused-ring (bicyclic) bond motifs is 1. The van der Waals surface area contributed by atoms with Gasteiger partial charge in [0.05, 0.1) is 37.5 Å². The van der Waals surface area contributed by atoms with Crippen molar-refractivity contribution in [3.05, 3.63) is 35.0 Å². The normalized spacial score (nSPS) is 23.2. The Morgan fingerprint density at radius 2 is 1.96 bits per heavy atom. The molecule has 0 radical (unpaired) electrons. The molecule has 2 aromatic rings. The van der Waals surface area contributed by atoms with E-state index in [1.54, 1.807) is 18.9 Å². The van der Waals surface area contributed by atoms with Crippen molar-refractivity contribution >= 4 is 21.6 Å². The van der Waals surface area contributed by atoms with Crippen molar-refractivity contribution in [3.63, 3.8) is 0 Å². The average Bonchev–Trinajstić information content (AvgIpc) is 3.19. The van der Waals surface area contributed by atoms with Crippen LogP contribution < -0.4 is 14.8 Å². The number of aromatic nitrogens is 2. The molecular weight excluding hydrogens is 382 g/mol. The number of nitrogens with zero attached hydrogens (tertiary/aromatic N) is 2. The number of carbonyl (C=O) groups is 1. The molecule has 1 aromatic heterocycles. The van der Waals surface area contributed by atoms with E-state index < -0.39 is 9.84 Å². The van der Waals surface area contributed by atoms with Crippen molar-refractivity contribution in [1.29, 1.82) is 0 Å². The summed E-state index contributed by atoms with van der Waals surface area (Å²) in [6.07, 6.45) is 0.796. The van der Waals surface area contributed by atoms with Crippen LogP contribution in [0.25, 0.3) is 0 Å². The largest absolute Gasteiger partial charge is 0.493 e. The van der Waals surface area contributed by atoms with E-state index >= 15 is 0 Å². The fourth-order valence-corrected chi connectivity index (χ4v) is 5.85. The van der Waals surface area contributed by atoms with Crippen molar-refractivity contribution in [2.45, 2.75) is 31.7 Å². The van der Waals surface area contributed by atoms with E-state index in [1.807, 2.05) is 25.1 Å². The van der Waals surface area contributed by atoms with Gasteiger partial charge in [0.2, 0.25) is 5.91 Å². The molecule has 2 atom stereocenters. The number of hydrogen-bond acceptors (Lipinski definition) is 6. The summed E-state index contributed by atoms with van der Waals surface area (Å²) >= 11 is 0. The van der Waals surface area contributed by atoms with Crippen LogP contribution in [0.2, 0.25) is 0 Å². The Labute approximate surface area is 163 Å². The van der Waals surface area contributed by atoms with E-state index in [2.05, 4.69) is 10.4 Å². The quantitative estimate of drug-likeness (QED) is 0.836. The van der Waals surface area contributed by atoms with Crippen molar-refractivity contribution in [3.8, 4) is 11.5 Å². The maximum Gasteiger partial charge on any atom is 0.226 e. The molecule has 8 nitrogen and oxygen atoms in total. The zero-order valence-electron chi connectivity index (χ0n) is 16.1. The third kappa shape index (κ3) is 3.13. The van der Waals surface area contributed by atoms with E-state index in [-0.39, 0.29) is 35.8 Å². The van der Waals surface area contributed by atoms with Crippen LogP contribution in [0.1, 0.15) is 41.6 Å². The zero-order valence-corrected chi connectivity index (χ0v) is 16.9. The van der Waals surface area contributed by atoms with Crippen LogP contribution in [0.15, 0.2) is 18.2 Å². The second-order valence-electron chi connectivity index (χ2n) is 7.27. The minimum atomic E-state index is -3.06. The molecule has 1 N–H and O–H groups in total. The average molecular weight is 405 g/mol. The lowest BCUT2D eigenvalue weighted by Crippen LogP contribution is -2.26. The molecule has 0 spiro atoms. The topological polar surface area (TPSA) is 99.5 Å². The van der Waals surface area contributed by atoms with E-state index in [1.165, 1.54) is 0 Å². The summed E-state index contributed by atoms with van der Waals surface area (Å²) in [5, 5.41) is 7.52. The summed E-state index contributed by atoms with van der Waals surface area (Å²) in [6.45, 7) is 1.89. The molecular formula is C19H23N3O5S. The molecule has 28 heavy (non-hydrogen) atoms. The third-order valence-electron chi connectivity index (χ3n) is 5.49. The number of rotatable bonds is 4. The summed E-state index contributed by atoms with van der Waals surface area (Å²) in [5.41, 5.74) is 2.64. The third-order valence-corrected chi connectivity index (χ3v) is 7.24. The van der Waals surface area contributed by atoms with Gasteiger partial charge in [-0.05, 0) is 31.0 Å². The lowest BCUT2D eigenvalue weighted by atomic mass is 9.85. The van der Waals surface area contributed by atoms with Crippen molar-refractivity contribution < 1.29 is 22.7 Å². The fraction of sp³-hybridized carbons (Fsp3) is 0.474. The number of carbonyl (C=O) groups excluding carboxylic acids is 1. The first-order chi connectivity index (χ1) is 13.3. The Kier molecular flexibility index (Phi) is 4.57. The van der Waals surface area contributed by atoms with E-state index in [4.69, 9.17) is 9.47 Å². The second-order valence-corrected chi connectivity index (χ2v) is 9.50. The predicted molar refractivity (Wildman–Crippen MR) is 104 cm³/mol. The van der Waals surface area contributed by atoms with Gasteiger partial charge in [-0.2, -0.15) is 5.10 Å². The summed E-state index contributed by atoms with van der Waals surface area (Å²) < 4.78 is 36.2. The van der Waals surface area contributed by atoms with E-state index in [9.17, 15) is 13.2 Å². The lowest BCUT2D eigenvalue weighted by molar-refractivity contribution is -0.116. The number of sulfone groups is 1.